The summed E-state index contributed by atoms with van der Waals surface area (Å²) in [5.41, 5.74) is 6.08. The summed E-state index contributed by atoms with van der Waals surface area (Å²) in [6.07, 6.45) is 1.53. The molecule has 1 unspecified atom stereocenters. The molecule has 1 aromatic carbocycles. The van der Waals surface area contributed by atoms with Crippen LogP contribution in [0, 0.1) is 11.6 Å². The molecule has 1 fully saturated rings. The zero-order valence-electron chi connectivity index (χ0n) is 12.2. The van der Waals surface area contributed by atoms with Crippen molar-refractivity contribution in [2.24, 2.45) is 5.73 Å². The van der Waals surface area contributed by atoms with Crippen molar-refractivity contribution in [1.82, 2.24) is 4.90 Å². The molecule has 2 rings (SSSR count). The van der Waals surface area contributed by atoms with Crippen LogP contribution in [-0.2, 0) is 4.79 Å². The van der Waals surface area contributed by atoms with E-state index in [0.717, 1.165) is 18.6 Å². The third-order valence-corrected chi connectivity index (χ3v) is 3.76. The van der Waals surface area contributed by atoms with Gasteiger partial charge in [-0.1, -0.05) is 13.3 Å². The lowest BCUT2D eigenvalue weighted by atomic mass is 10.1. The van der Waals surface area contributed by atoms with Crippen molar-refractivity contribution in [3.63, 3.8) is 0 Å². The van der Waals surface area contributed by atoms with Crippen LogP contribution in [0.4, 0.5) is 14.5 Å². The number of anilines is 1. The summed E-state index contributed by atoms with van der Waals surface area (Å²) < 4.78 is 27.0. The molecule has 0 spiro atoms. The van der Waals surface area contributed by atoms with Crippen molar-refractivity contribution in [1.29, 1.82) is 0 Å². The van der Waals surface area contributed by atoms with Crippen LogP contribution in [0.1, 0.15) is 19.8 Å². The molecule has 1 aliphatic heterocycles. The maximum Gasteiger partial charge on any atom is 0.239 e. The Bertz CT molecular complexity index is 502. The molecule has 0 radical (unpaired) electrons. The molecule has 0 aliphatic carbocycles. The van der Waals surface area contributed by atoms with Gasteiger partial charge < -0.3 is 15.5 Å². The largest absolute Gasteiger partial charge is 0.366 e. The Balaban J connectivity index is 1.97. The highest BCUT2D eigenvalue weighted by atomic mass is 19.1. The van der Waals surface area contributed by atoms with E-state index in [4.69, 9.17) is 5.73 Å². The summed E-state index contributed by atoms with van der Waals surface area (Å²) in [7, 11) is 0. The van der Waals surface area contributed by atoms with Gasteiger partial charge in [0.25, 0.3) is 0 Å². The van der Waals surface area contributed by atoms with E-state index >= 15 is 0 Å². The van der Waals surface area contributed by atoms with Gasteiger partial charge in [-0.05, 0) is 18.6 Å². The fraction of sp³-hybridized carbons (Fsp3) is 0.533. The molecule has 0 aromatic heterocycles. The summed E-state index contributed by atoms with van der Waals surface area (Å²) in [6, 6.07) is 2.95. The second-order valence-electron chi connectivity index (χ2n) is 5.30. The van der Waals surface area contributed by atoms with Gasteiger partial charge >= 0.3 is 0 Å². The highest BCUT2D eigenvalue weighted by Crippen LogP contribution is 2.22. The number of benzene rings is 1. The molecule has 4 nitrogen and oxygen atoms in total. The minimum atomic E-state index is -0.465. The van der Waals surface area contributed by atoms with Gasteiger partial charge in [-0.15, -0.1) is 0 Å². The number of carbonyl (C=O) groups is 1. The van der Waals surface area contributed by atoms with E-state index < -0.39 is 17.7 Å². The van der Waals surface area contributed by atoms with Crippen LogP contribution in [0.2, 0.25) is 0 Å². The molecule has 0 saturated carbocycles. The molecule has 1 heterocycles. The lowest BCUT2D eigenvalue weighted by Crippen LogP contribution is -2.53. The Morgan fingerprint density at radius 2 is 1.95 bits per heavy atom. The summed E-state index contributed by atoms with van der Waals surface area (Å²) >= 11 is 0. The maximum absolute atomic E-state index is 13.7. The van der Waals surface area contributed by atoms with E-state index in [1.807, 2.05) is 6.92 Å². The second kappa shape index (κ2) is 6.85. The Kier molecular flexibility index (Phi) is 5.12. The number of halogens is 2. The Hall–Kier alpha value is -1.69. The SMILES string of the molecule is CCCC(N)C(=O)N1CCN(c2cc(F)ccc2F)CC1. The topological polar surface area (TPSA) is 49.6 Å². The quantitative estimate of drug-likeness (QED) is 0.921. The number of rotatable bonds is 4. The lowest BCUT2D eigenvalue weighted by Gasteiger charge is -2.37. The van der Waals surface area contributed by atoms with Gasteiger partial charge in [0.05, 0.1) is 11.7 Å². The zero-order valence-corrected chi connectivity index (χ0v) is 12.2. The first-order valence-corrected chi connectivity index (χ1v) is 7.27. The molecule has 1 aliphatic rings. The number of carbonyl (C=O) groups excluding carboxylic acids is 1. The highest BCUT2D eigenvalue weighted by molar-refractivity contribution is 5.81. The summed E-state index contributed by atoms with van der Waals surface area (Å²) in [5.74, 6) is -0.968. The van der Waals surface area contributed by atoms with Crippen molar-refractivity contribution in [2.75, 3.05) is 31.1 Å². The zero-order chi connectivity index (χ0) is 15.4. The van der Waals surface area contributed by atoms with E-state index in [9.17, 15) is 13.6 Å². The predicted molar refractivity (Wildman–Crippen MR) is 78.0 cm³/mol. The highest BCUT2D eigenvalue weighted by Gasteiger charge is 2.25. The first-order chi connectivity index (χ1) is 10.0. The van der Waals surface area contributed by atoms with Crippen LogP contribution in [-0.4, -0.2) is 43.0 Å². The molecule has 21 heavy (non-hydrogen) atoms. The number of piperazine rings is 1. The molecule has 1 atom stereocenters. The van der Waals surface area contributed by atoms with E-state index in [1.165, 1.54) is 6.07 Å². The van der Waals surface area contributed by atoms with Crippen molar-refractivity contribution in [3.8, 4) is 0 Å². The summed E-state index contributed by atoms with van der Waals surface area (Å²) in [6.45, 7) is 3.89. The first-order valence-electron chi connectivity index (χ1n) is 7.27. The third-order valence-electron chi connectivity index (χ3n) is 3.76. The average Bonchev–Trinajstić information content (AvgIpc) is 2.49. The second-order valence-corrected chi connectivity index (χ2v) is 5.30. The Morgan fingerprint density at radius 1 is 1.29 bits per heavy atom. The van der Waals surface area contributed by atoms with Gasteiger partial charge in [0.1, 0.15) is 11.6 Å². The van der Waals surface area contributed by atoms with Crippen LogP contribution < -0.4 is 10.6 Å². The molecule has 116 valence electrons. The van der Waals surface area contributed by atoms with Crippen molar-refractivity contribution < 1.29 is 13.6 Å². The van der Waals surface area contributed by atoms with Crippen molar-refractivity contribution in [3.05, 3.63) is 29.8 Å². The smallest absolute Gasteiger partial charge is 0.239 e. The molecule has 1 saturated heterocycles. The number of hydrogen-bond acceptors (Lipinski definition) is 3. The minimum absolute atomic E-state index is 0.0591. The van der Waals surface area contributed by atoms with E-state index in [-0.39, 0.29) is 11.6 Å². The van der Waals surface area contributed by atoms with Crippen molar-refractivity contribution in [2.45, 2.75) is 25.8 Å². The van der Waals surface area contributed by atoms with Crippen LogP contribution in [0.15, 0.2) is 18.2 Å². The van der Waals surface area contributed by atoms with Crippen LogP contribution >= 0.6 is 0 Å². The van der Waals surface area contributed by atoms with E-state index in [0.29, 0.717) is 32.6 Å². The lowest BCUT2D eigenvalue weighted by molar-refractivity contribution is -0.133. The fourth-order valence-corrected chi connectivity index (χ4v) is 2.56. The number of amides is 1. The van der Waals surface area contributed by atoms with Gasteiger partial charge in [0.15, 0.2) is 0 Å². The minimum Gasteiger partial charge on any atom is -0.366 e. The van der Waals surface area contributed by atoms with Gasteiger partial charge in [0, 0.05) is 32.2 Å². The standard InChI is InChI=1S/C15H21F2N3O/c1-2-3-13(18)15(21)20-8-6-19(7-9-20)14-10-11(16)4-5-12(14)17/h4-5,10,13H,2-3,6-9,18H2,1H3. The van der Waals surface area contributed by atoms with Gasteiger partial charge in [-0.3, -0.25) is 4.79 Å². The monoisotopic (exact) mass is 297 g/mol. The maximum atomic E-state index is 13.7. The Morgan fingerprint density at radius 3 is 2.57 bits per heavy atom. The molecule has 1 aromatic rings. The normalized spacial score (nSPS) is 17.0. The summed E-state index contributed by atoms with van der Waals surface area (Å²) in [5, 5.41) is 0. The van der Waals surface area contributed by atoms with Crippen LogP contribution in [0.5, 0.6) is 0 Å². The molecule has 0 bridgehead atoms. The van der Waals surface area contributed by atoms with Crippen molar-refractivity contribution >= 4 is 11.6 Å². The fourth-order valence-electron chi connectivity index (χ4n) is 2.56. The summed E-state index contributed by atoms with van der Waals surface area (Å²) in [4.78, 5) is 15.6. The van der Waals surface area contributed by atoms with E-state index in [2.05, 4.69) is 0 Å². The molecule has 1 amide bonds. The van der Waals surface area contributed by atoms with Gasteiger partial charge in [-0.25, -0.2) is 8.78 Å². The molecule has 6 heteroatoms. The van der Waals surface area contributed by atoms with E-state index in [1.54, 1.807) is 9.80 Å². The average molecular weight is 297 g/mol. The number of nitrogens with zero attached hydrogens (tertiary/aromatic N) is 2. The Labute approximate surface area is 123 Å². The van der Waals surface area contributed by atoms with Crippen LogP contribution in [0.25, 0.3) is 0 Å². The molecular weight excluding hydrogens is 276 g/mol. The molecular formula is C15H21F2N3O. The molecule has 2 N–H and O–H groups in total. The van der Waals surface area contributed by atoms with Gasteiger partial charge in [0.2, 0.25) is 5.91 Å². The first kappa shape index (κ1) is 15.7. The third kappa shape index (κ3) is 3.69. The number of nitrogens with two attached hydrogens (primary N) is 1. The number of hydrogen-bond donors (Lipinski definition) is 1. The van der Waals surface area contributed by atoms with Gasteiger partial charge in [-0.2, -0.15) is 0 Å². The predicted octanol–water partition coefficient (Wildman–Crippen LogP) is 1.74. The van der Waals surface area contributed by atoms with Crippen LogP contribution in [0.3, 0.4) is 0 Å².